The maximum Gasteiger partial charge on any atom is 0.0604 e. The van der Waals surface area contributed by atoms with Gasteiger partial charge in [0.25, 0.3) is 0 Å². The molecule has 90 valence electrons. The van der Waals surface area contributed by atoms with Crippen LogP contribution in [-0.4, -0.2) is 24.5 Å². The van der Waals surface area contributed by atoms with Gasteiger partial charge in [-0.3, -0.25) is 4.90 Å². The zero-order chi connectivity index (χ0) is 12.1. The minimum atomic E-state index is 0.257. The number of nitrogens with zero attached hydrogens (tertiary/aromatic N) is 1. The summed E-state index contributed by atoms with van der Waals surface area (Å²) in [6, 6.07) is 10.7. The summed E-state index contributed by atoms with van der Waals surface area (Å²) in [5.41, 5.74) is 7.19. The molecule has 1 aromatic carbocycles. The van der Waals surface area contributed by atoms with Gasteiger partial charge in [-0.05, 0) is 24.3 Å². The summed E-state index contributed by atoms with van der Waals surface area (Å²) in [6.45, 7) is 2.40. The highest BCUT2D eigenvalue weighted by Gasteiger charge is 2.27. The van der Waals surface area contributed by atoms with Gasteiger partial charge in [-0.25, -0.2) is 0 Å². The molecule has 2 heteroatoms. The van der Waals surface area contributed by atoms with E-state index in [0.717, 1.165) is 12.5 Å². The van der Waals surface area contributed by atoms with Crippen LogP contribution in [-0.2, 0) is 0 Å². The Morgan fingerprint density at radius 1 is 1.35 bits per heavy atom. The molecule has 1 aliphatic rings. The van der Waals surface area contributed by atoms with E-state index in [1.165, 1.54) is 18.4 Å². The molecule has 1 aliphatic carbocycles. The lowest BCUT2D eigenvalue weighted by Crippen LogP contribution is -2.35. The van der Waals surface area contributed by atoms with Crippen LogP contribution < -0.4 is 5.73 Å². The van der Waals surface area contributed by atoms with Crippen LogP contribution in [0, 0.1) is 18.3 Å². The largest absolute Gasteiger partial charge is 0.329 e. The molecule has 1 saturated carbocycles. The van der Waals surface area contributed by atoms with Crippen molar-refractivity contribution in [3.8, 4) is 12.3 Å². The number of hydrogen-bond donors (Lipinski definition) is 1. The minimum absolute atomic E-state index is 0.257. The summed E-state index contributed by atoms with van der Waals surface area (Å²) in [5, 5.41) is 0. The van der Waals surface area contributed by atoms with Crippen LogP contribution in [0.2, 0.25) is 0 Å². The monoisotopic (exact) mass is 228 g/mol. The van der Waals surface area contributed by atoms with Gasteiger partial charge in [0.1, 0.15) is 0 Å². The Labute approximate surface area is 104 Å². The van der Waals surface area contributed by atoms with Crippen molar-refractivity contribution < 1.29 is 0 Å². The van der Waals surface area contributed by atoms with E-state index in [4.69, 9.17) is 12.2 Å². The van der Waals surface area contributed by atoms with Gasteiger partial charge in [-0.2, -0.15) is 0 Å². The molecular formula is C15H20N2. The fourth-order valence-electron chi connectivity index (χ4n) is 2.22. The zero-order valence-corrected chi connectivity index (χ0v) is 10.2. The van der Waals surface area contributed by atoms with Crippen LogP contribution >= 0.6 is 0 Å². The molecule has 0 spiro atoms. The first-order valence-electron chi connectivity index (χ1n) is 6.27. The zero-order valence-electron chi connectivity index (χ0n) is 10.2. The van der Waals surface area contributed by atoms with Gasteiger partial charge in [0.15, 0.2) is 0 Å². The van der Waals surface area contributed by atoms with Crippen molar-refractivity contribution in [3.05, 3.63) is 35.9 Å². The lowest BCUT2D eigenvalue weighted by Gasteiger charge is -2.29. The predicted octanol–water partition coefficient (Wildman–Crippen LogP) is 2.03. The molecule has 1 unspecified atom stereocenters. The maximum absolute atomic E-state index is 5.92. The molecule has 2 rings (SSSR count). The van der Waals surface area contributed by atoms with E-state index in [1.54, 1.807) is 0 Å². The first-order valence-corrected chi connectivity index (χ1v) is 6.27. The van der Waals surface area contributed by atoms with Gasteiger partial charge in [-0.15, -0.1) is 6.42 Å². The summed E-state index contributed by atoms with van der Waals surface area (Å²) in [5.74, 6) is 3.59. The summed E-state index contributed by atoms with van der Waals surface area (Å²) >= 11 is 0. The van der Waals surface area contributed by atoms with Crippen LogP contribution in [0.5, 0.6) is 0 Å². The van der Waals surface area contributed by atoms with E-state index in [-0.39, 0.29) is 6.04 Å². The van der Waals surface area contributed by atoms with Crippen molar-refractivity contribution >= 4 is 0 Å². The van der Waals surface area contributed by atoms with Crippen molar-refractivity contribution in [1.29, 1.82) is 0 Å². The van der Waals surface area contributed by atoms with Crippen molar-refractivity contribution in [2.45, 2.75) is 18.9 Å². The molecule has 0 radical (unpaired) electrons. The molecule has 1 aromatic rings. The number of benzene rings is 1. The number of nitrogens with two attached hydrogens (primary N) is 1. The predicted molar refractivity (Wildman–Crippen MR) is 71.4 cm³/mol. The molecule has 17 heavy (non-hydrogen) atoms. The maximum atomic E-state index is 5.92. The normalized spacial score (nSPS) is 16.8. The van der Waals surface area contributed by atoms with E-state index in [1.807, 2.05) is 6.07 Å². The average Bonchev–Trinajstić information content (AvgIpc) is 3.16. The number of terminal acetylenes is 1. The quantitative estimate of drug-likeness (QED) is 0.755. The SMILES string of the molecule is C#CCN(CC1CC1)C(CN)c1ccccc1. The van der Waals surface area contributed by atoms with Gasteiger partial charge >= 0.3 is 0 Å². The van der Waals surface area contributed by atoms with Crippen molar-refractivity contribution in [2.24, 2.45) is 11.7 Å². The fraction of sp³-hybridized carbons (Fsp3) is 0.467. The topological polar surface area (TPSA) is 29.3 Å². The first-order chi connectivity index (χ1) is 8.35. The Hall–Kier alpha value is -1.30. The molecule has 0 saturated heterocycles. The highest BCUT2D eigenvalue weighted by Crippen LogP contribution is 2.32. The molecule has 0 amide bonds. The first kappa shape index (κ1) is 12.2. The Morgan fingerprint density at radius 3 is 2.59 bits per heavy atom. The van der Waals surface area contributed by atoms with Gasteiger partial charge in [0, 0.05) is 19.1 Å². The molecule has 2 nitrogen and oxygen atoms in total. The summed E-state index contributed by atoms with van der Waals surface area (Å²) < 4.78 is 0. The number of hydrogen-bond acceptors (Lipinski definition) is 2. The second kappa shape index (κ2) is 5.86. The lowest BCUT2D eigenvalue weighted by atomic mass is 10.0. The third-order valence-corrected chi connectivity index (χ3v) is 3.33. The summed E-state index contributed by atoms with van der Waals surface area (Å²) in [6.07, 6.45) is 8.14. The van der Waals surface area contributed by atoms with Gasteiger partial charge in [-0.1, -0.05) is 36.3 Å². The van der Waals surface area contributed by atoms with E-state index in [9.17, 15) is 0 Å². The summed E-state index contributed by atoms with van der Waals surface area (Å²) in [4.78, 5) is 2.34. The van der Waals surface area contributed by atoms with Gasteiger partial charge in [0.05, 0.1) is 6.54 Å². The van der Waals surface area contributed by atoms with Crippen LogP contribution in [0.4, 0.5) is 0 Å². The molecule has 0 aromatic heterocycles. The van der Waals surface area contributed by atoms with Crippen molar-refractivity contribution in [1.82, 2.24) is 4.90 Å². The molecule has 1 fully saturated rings. The van der Waals surface area contributed by atoms with E-state index < -0.39 is 0 Å². The number of rotatable bonds is 6. The van der Waals surface area contributed by atoms with Crippen LogP contribution in [0.1, 0.15) is 24.4 Å². The van der Waals surface area contributed by atoms with Crippen LogP contribution in [0.3, 0.4) is 0 Å². The highest BCUT2D eigenvalue weighted by molar-refractivity contribution is 5.20. The minimum Gasteiger partial charge on any atom is -0.329 e. The summed E-state index contributed by atoms with van der Waals surface area (Å²) in [7, 11) is 0. The third kappa shape index (κ3) is 3.33. The Morgan fingerprint density at radius 2 is 2.06 bits per heavy atom. The van der Waals surface area contributed by atoms with Crippen LogP contribution in [0.25, 0.3) is 0 Å². The Bertz CT molecular complexity index is 376. The average molecular weight is 228 g/mol. The lowest BCUT2D eigenvalue weighted by molar-refractivity contribution is 0.218. The second-order valence-electron chi connectivity index (χ2n) is 4.74. The smallest absolute Gasteiger partial charge is 0.0604 e. The standard InChI is InChI=1S/C15H20N2/c1-2-10-17(12-13-8-9-13)15(11-16)14-6-4-3-5-7-14/h1,3-7,13,15H,8-12,16H2. The Balaban J connectivity index is 2.10. The fourth-order valence-corrected chi connectivity index (χ4v) is 2.22. The van der Waals surface area contributed by atoms with E-state index in [0.29, 0.717) is 13.1 Å². The van der Waals surface area contributed by atoms with Crippen molar-refractivity contribution in [3.63, 3.8) is 0 Å². The molecular weight excluding hydrogens is 208 g/mol. The van der Waals surface area contributed by atoms with Gasteiger partial charge < -0.3 is 5.73 Å². The van der Waals surface area contributed by atoms with E-state index >= 15 is 0 Å². The third-order valence-electron chi connectivity index (χ3n) is 3.33. The molecule has 0 heterocycles. The van der Waals surface area contributed by atoms with Crippen LogP contribution in [0.15, 0.2) is 30.3 Å². The highest BCUT2D eigenvalue weighted by atomic mass is 15.2. The molecule has 2 N–H and O–H groups in total. The molecule has 1 atom stereocenters. The molecule has 0 bridgehead atoms. The second-order valence-corrected chi connectivity index (χ2v) is 4.74. The van der Waals surface area contributed by atoms with E-state index in [2.05, 4.69) is 35.1 Å². The molecule has 0 aliphatic heterocycles. The van der Waals surface area contributed by atoms with Gasteiger partial charge in [0.2, 0.25) is 0 Å². The Kier molecular flexibility index (Phi) is 4.19. The van der Waals surface area contributed by atoms with Crippen molar-refractivity contribution in [2.75, 3.05) is 19.6 Å².